The normalized spacial score (nSPS) is 11.0. The zero-order chi connectivity index (χ0) is 9.42. The van der Waals surface area contributed by atoms with Crippen LogP contribution in [0.3, 0.4) is 0 Å². The van der Waals surface area contributed by atoms with Crippen LogP contribution in [0.1, 0.15) is 5.56 Å². The van der Waals surface area contributed by atoms with Gasteiger partial charge in [0.2, 0.25) is 0 Å². The van der Waals surface area contributed by atoms with Gasteiger partial charge in [-0.15, -0.1) is 0 Å². The highest BCUT2D eigenvalue weighted by Crippen LogP contribution is 2.23. The Kier molecular flexibility index (Phi) is 2.02. The first-order chi connectivity index (χ1) is 6.22. The Balaban J connectivity index is 2.81. The summed E-state index contributed by atoms with van der Waals surface area (Å²) < 4.78 is 1.98. The third-order valence-corrected chi connectivity index (χ3v) is 2.44. The van der Waals surface area contributed by atoms with Crippen molar-refractivity contribution >= 4 is 22.5 Å². The van der Waals surface area contributed by atoms with Crippen LogP contribution >= 0.6 is 11.6 Å². The van der Waals surface area contributed by atoms with Crippen LogP contribution in [0, 0.1) is 0 Å². The van der Waals surface area contributed by atoms with Gasteiger partial charge in [-0.2, -0.15) is 0 Å². The maximum atomic E-state index is 9.08. The van der Waals surface area contributed by atoms with Gasteiger partial charge in [-0.05, 0) is 18.2 Å². The van der Waals surface area contributed by atoms with E-state index in [0.29, 0.717) is 5.02 Å². The number of aryl methyl sites for hydroxylation is 1. The molecule has 1 aromatic heterocycles. The predicted molar refractivity (Wildman–Crippen MR) is 53.9 cm³/mol. The third-order valence-electron chi connectivity index (χ3n) is 2.20. The van der Waals surface area contributed by atoms with Crippen molar-refractivity contribution < 1.29 is 5.11 Å². The zero-order valence-corrected chi connectivity index (χ0v) is 8.04. The van der Waals surface area contributed by atoms with Crippen LogP contribution in [0.2, 0.25) is 5.02 Å². The molecule has 2 nitrogen and oxygen atoms in total. The van der Waals surface area contributed by atoms with Crippen LogP contribution in [0.25, 0.3) is 10.9 Å². The Morgan fingerprint density at radius 3 is 2.92 bits per heavy atom. The molecule has 2 rings (SSSR count). The average Bonchev–Trinajstić information content (AvgIpc) is 2.42. The SMILES string of the molecule is Cn1cc(CO)c2cc(Cl)ccc21. The zero-order valence-electron chi connectivity index (χ0n) is 7.29. The molecule has 0 spiro atoms. The fourth-order valence-corrected chi connectivity index (χ4v) is 1.74. The van der Waals surface area contributed by atoms with Gasteiger partial charge in [0, 0.05) is 34.7 Å². The second-order valence-corrected chi connectivity index (χ2v) is 3.52. The molecule has 0 atom stereocenters. The number of rotatable bonds is 1. The molecule has 1 heterocycles. The van der Waals surface area contributed by atoms with E-state index in [1.165, 1.54) is 0 Å². The summed E-state index contributed by atoms with van der Waals surface area (Å²) in [6.45, 7) is 0.0533. The van der Waals surface area contributed by atoms with Gasteiger partial charge in [0.05, 0.1) is 6.61 Å². The van der Waals surface area contributed by atoms with Crippen molar-refractivity contribution in [1.29, 1.82) is 0 Å². The number of aromatic nitrogens is 1. The summed E-state index contributed by atoms with van der Waals surface area (Å²) in [5.74, 6) is 0. The number of aliphatic hydroxyl groups excluding tert-OH is 1. The Bertz CT molecular complexity index is 447. The Morgan fingerprint density at radius 1 is 1.46 bits per heavy atom. The van der Waals surface area contributed by atoms with Crippen LogP contribution in [0.5, 0.6) is 0 Å². The molecule has 0 aliphatic heterocycles. The number of hydrogen-bond donors (Lipinski definition) is 1. The van der Waals surface area contributed by atoms with Gasteiger partial charge < -0.3 is 9.67 Å². The van der Waals surface area contributed by atoms with Crippen LogP contribution in [0.4, 0.5) is 0 Å². The van der Waals surface area contributed by atoms with E-state index in [-0.39, 0.29) is 6.61 Å². The molecule has 1 aromatic carbocycles. The lowest BCUT2D eigenvalue weighted by atomic mass is 10.2. The van der Waals surface area contributed by atoms with Crippen molar-refractivity contribution in [3.8, 4) is 0 Å². The lowest BCUT2D eigenvalue weighted by molar-refractivity contribution is 0.283. The molecular formula is C10H10ClNO. The number of halogens is 1. The molecule has 0 saturated carbocycles. The van der Waals surface area contributed by atoms with E-state index in [4.69, 9.17) is 16.7 Å². The maximum Gasteiger partial charge on any atom is 0.0702 e. The monoisotopic (exact) mass is 195 g/mol. The van der Waals surface area contributed by atoms with Gasteiger partial charge in [0.1, 0.15) is 0 Å². The summed E-state index contributed by atoms with van der Waals surface area (Å²) in [6.07, 6.45) is 1.92. The highest BCUT2D eigenvalue weighted by Gasteiger charge is 2.05. The van der Waals surface area contributed by atoms with Crippen molar-refractivity contribution in [3.05, 3.63) is 35.0 Å². The van der Waals surface area contributed by atoms with Gasteiger partial charge in [0.25, 0.3) is 0 Å². The summed E-state index contributed by atoms with van der Waals surface area (Å²) in [5.41, 5.74) is 2.01. The maximum absolute atomic E-state index is 9.08. The van der Waals surface area contributed by atoms with E-state index in [0.717, 1.165) is 16.5 Å². The van der Waals surface area contributed by atoms with Crippen molar-refractivity contribution in [2.24, 2.45) is 7.05 Å². The Hall–Kier alpha value is -0.990. The van der Waals surface area contributed by atoms with Crippen LogP contribution in [0.15, 0.2) is 24.4 Å². The number of hydrogen-bond acceptors (Lipinski definition) is 1. The molecule has 13 heavy (non-hydrogen) atoms. The van der Waals surface area contributed by atoms with Gasteiger partial charge in [0.15, 0.2) is 0 Å². The molecule has 0 saturated heterocycles. The topological polar surface area (TPSA) is 25.2 Å². The Labute approximate surface area is 81.4 Å². The number of aliphatic hydroxyl groups is 1. The minimum Gasteiger partial charge on any atom is -0.392 e. The quantitative estimate of drug-likeness (QED) is 0.743. The predicted octanol–water partition coefficient (Wildman–Crippen LogP) is 2.32. The Morgan fingerprint density at radius 2 is 2.23 bits per heavy atom. The summed E-state index contributed by atoms with van der Waals surface area (Å²) in [7, 11) is 1.95. The molecule has 0 aliphatic rings. The van der Waals surface area contributed by atoms with Crippen LogP contribution in [-0.2, 0) is 13.7 Å². The van der Waals surface area contributed by atoms with Gasteiger partial charge >= 0.3 is 0 Å². The molecule has 1 N–H and O–H groups in total. The molecule has 68 valence electrons. The van der Waals surface area contributed by atoms with Crippen molar-refractivity contribution in [2.75, 3.05) is 0 Å². The molecular weight excluding hydrogens is 186 g/mol. The van der Waals surface area contributed by atoms with E-state index in [9.17, 15) is 0 Å². The van der Waals surface area contributed by atoms with E-state index >= 15 is 0 Å². The third kappa shape index (κ3) is 1.32. The van der Waals surface area contributed by atoms with Crippen molar-refractivity contribution in [2.45, 2.75) is 6.61 Å². The molecule has 0 fully saturated rings. The first-order valence-corrected chi connectivity index (χ1v) is 4.44. The van der Waals surface area contributed by atoms with E-state index < -0.39 is 0 Å². The molecule has 0 unspecified atom stereocenters. The van der Waals surface area contributed by atoms with E-state index in [2.05, 4.69) is 0 Å². The van der Waals surface area contributed by atoms with Crippen LogP contribution < -0.4 is 0 Å². The highest BCUT2D eigenvalue weighted by molar-refractivity contribution is 6.31. The first-order valence-electron chi connectivity index (χ1n) is 4.06. The smallest absolute Gasteiger partial charge is 0.0702 e. The van der Waals surface area contributed by atoms with Gasteiger partial charge in [-0.3, -0.25) is 0 Å². The van der Waals surface area contributed by atoms with E-state index in [1.807, 2.05) is 36.0 Å². The summed E-state index contributed by atoms with van der Waals surface area (Å²) >= 11 is 5.87. The summed E-state index contributed by atoms with van der Waals surface area (Å²) in [4.78, 5) is 0. The fraction of sp³-hybridized carbons (Fsp3) is 0.200. The second-order valence-electron chi connectivity index (χ2n) is 3.08. The summed E-state index contributed by atoms with van der Waals surface area (Å²) in [6, 6.07) is 5.68. The molecule has 0 bridgehead atoms. The lowest BCUT2D eigenvalue weighted by Crippen LogP contribution is -1.82. The molecule has 0 amide bonds. The van der Waals surface area contributed by atoms with Crippen molar-refractivity contribution in [3.63, 3.8) is 0 Å². The highest BCUT2D eigenvalue weighted by atomic mass is 35.5. The van der Waals surface area contributed by atoms with Crippen LogP contribution in [-0.4, -0.2) is 9.67 Å². The second kappa shape index (κ2) is 3.05. The average molecular weight is 196 g/mol. The standard InChI is InChI=1S/C10H10ClNO/c1-12-5-7(6-13)9-4-8(11)2-3-10(9)12/h2-5,13H,6H2,1H3. The van der Waals surface area contributed by atoms with E-state index in [1.54, 1.807) is 0 Å². The number of benzene rings is 1. The largest absolute Gasteiger partial charge is 0.392 e. The first kappa shape index (κ1) is 8.60. The lowest BCUT2D eigenvalue weighted by Gasteiger charge is -1.95. The van der Waals surface area contributed by atoms with Crippen molar-refractivity contribution in [1.82, 2.24) is 4.57 Å². The molecule has 2 aromatic rings. The number of nitrogens with zero attached hydrogens (tertiary/aromatic N) is 1. The minimum absolute atomic E-state index is 0.0533. The molecule has 0 radical (unpaired) electrons. The van der Waals surface area contributed by atoms with Gasteiger partial charge in [-0.25, -0.2) is 0 Å². The molecule has 0 aliphatic carbocycles. The minimum atomic E-state index is 0.0533. The van der Waals surface area contributed by atoms with Gasteiger partial charge in [-0.1, -0.05) is 11.6 Å². The molecule has 3 heteroatoms. The fourth-order valence-electron chi connectivity index (χ4n) is 1.57. The summed E-state index contributed by atoms with van der Waals surface area (Å²) in [5, 5.41) is 10.8. The number of fused-ring (bicyclic) bond motifs is 1.